The lowest BCUT2D eigenvalue weighted by Gasteiger charge is -2.11. The van der Waals surface area contributed by atoms with Crippen LogP contribution in [-0.2, 0) is 20.7 Å². The van der Waals surface area contributed by atoms with E-state index in [-0.39, 0.29) is 12.5 Å². The van der Waals surface area contributed by atoms with Gasteiger partial charge in [0.15, 0.2) is 0 Å². The van der Waals surface area contributed by atoms with E-state index in [9.17, 15) is 9.59 Å². The van der Waals surface area contributed by atoms with Crippen molar-refractivity contribution in [3.63, 3.8) is 0 Å². The third-order valence-corrected chi connectivity index (χ3v) is 4.00. The molecule has 1 amide bonds. The molecule has 1 aromatic rings. The fraction of sp³-hybridized carbons (Fsp3) is 0.529. The van der Waals surface area contributed by atoms with Crippen LogP contribution < -0.4 is 5.32 Å². The van der Waals surface area contributed by atoms with Gasteiger partial charge in [0, 0.05) is 19.6 Å². The first kappa shape index (κ1) is 16.5. The number of aliphatic carboxylic acids is 1. The van der Waals surface area contributed by atoms with Crippen molar-refractivity contribution in [1.29, 1.82) is 0 Å². The van der Waals surface area contributed by atoms with Crippen LogP contribution in [0.1, 0.15) is 31.2 Å². The molecule has 22 heavy (non-hydrogen) atoms. The number of carboxylic acid groups (broad SMARTS) is 1. The van der Waals surface area contributed by atoms with Crippen LogP contribution in [0.15, 0.2) is 30.3 Å². The van der Waals surface area contributed by atoms with E-state index in [0.717, 1.165) is 6.42 Å². The highest BCUT2D eigenvalue weighted by Gasteiger charge is 2.50. The zero-order valence-electron chi connectivity index (χ0n) is 12.7. The molecule has 1 aromatic carbocycles. The number of hydrogen-bond donors (Lipinski definition) is 2. The van der Waals surface area contributed by atoms with E-state index in [1.807, 2.05) is 18.2 Å². The molecule has 0 spiro atoms. The summed E-state index contributed by atoms with van der Waals surface area (Å²) in [7, 11) is 0. The average molecular weight is 305 g/mol. The molecule has 0 radical (unpaired) electrons. The smallest absolute Gasteiger partial charge is 0.311 e. The summed E-state index contributed by atoms with van der Waals surface area (Å²) >= 11 is 0. The van der Waals surface area contributed by atoms with Crippen molar-refractivity contribution < 1.29 is 19.4 Å². The maximum atomic E-state index is 11.6. The molecule has 0 aromatic heterocycles. The summed E-state index contributed by atoms with van der Waals surface area (Å²) < 4.78 is 5.51. The number of nitrogens with one attached hydrogen (secondary N) is 1. The van der Waals surface area contributed by atoms with Crippen LogP contribution in [0.2, 0.25) is 0 Å². The fourth-order valence-electron chi connectivity index (χ4n) is 2.24. The molecular formula is C17H23NO4. The van der Waals surface area contributed by atoms with E-state index in [2.05, 4.69) is 17.4 Å². The standard InChI is InChI=1S/C17H23NO4/c19-15(18-13-17(9-10-17)16(20)21)7-4-11-22-12-8-14-5-2-1-3-6-14/h1-3,5-6H,4,7-13H2,(H,18,19)(H,20,21). The summed E-state index contributed by atoms with van der Waals surface area (Å²) in [6, 6.07) is 10.1. The molecule has 0 atom stereocenters. The largest absolute Gasteiger partial charge is 0.481 e. The van der Waals surface area contributed by atoms with E-state index in [1.165, 1.54) is 5.56 Å². The number of hydrogen-bond acceptors (Lipinski definition) is 3. The number of carbonyl (C=O) groups excluding carboxylic acids is 1. The van der Waals surface area contributed by atoms with E-state index < -0.39 is 11.4 Å². The molecule has 2 N–H and O–H groups in total. The molecule has 0 saturated heterocycles. The predicted octanol–water partition coefficient (Wildman–Crippen LogP) is 2.01. The highest BCUT2D eigenvalue weighted by atomic mass is 16.5. The fourth-order valence-corrected chi connectivity index (χ4v) is 2.24. The van der Waals surface area contributed by atoms with Gasteiger partial charge in [-0.3, -0.25) is 9.59 Å². The van der Waals surface area contributed by atoms with Crippen LogP contribution in [0.25, 0.3) is 0 Å². The predicted molar refractivity (Wildman–Crippen MR) is 82.5 cm³/mol. The normalized spacial score (nSPS) is 15.3. The van der Waals surface area contributed by atoms with Gasteiger partial charge in [0.1, 0.15) is 0 Å². The Morgan fingerprint density at radius 3 is 2.55 bits per heavy atom. The number of carbonyl (C=O) groups is 2. The maximum absolute atomic E-state index is 11.6. The summed E-state index contributed by atoms with van der Waals surface area (Å²) in [4.78, 5) is 22.6. The molecule has 1 fully saturated rings. The van der Waals surface area contributed by atoms with Crippen molar-refractivity contribution in [1.82, 2.24) is 5.32 Å². The van der Waals surface area contributed by atoms with Crippen molar-refractivity contribution in [2.75, 3.05) is 19.8 Å². The van der Waals surface area contributed by atoms with Gasteiger partial charge < -0.3 is 15.2 Å². The van der Waals surface area contributed by atoms with Crippen LogP contribution in [0.5, 0.6) is 0 Å². The molecule has 2 rings (SSSR count). The molecule has 0 aliphatic heterocycles. The van der Waals surface area contributed by atoms with Crippen molar-refractivity contribution in [3.8, 4) is 0 Å². The van der Waals surface area contributed by atoms with E-state index in [0.29, 0.717) is 38.9 Å². The molecule has 1 aliphatic carbocycles. The second-order valence-electron chi connectivity index (χ2n) is 5.81. The Balaban J connectivity index is 1.48. The van der Waals surface area contributed by atoms with Crippen molar-refractivity contribution >= 4 is 11.9 Å². The maximum Gasteiger partial charge on any atom is 0.311 e. The Hall–Kier alpha value is -1.88. The van der Waals surface area contributed by atoms with Gasteiger partial charge in [0.05, 0.1) is 12.0 Å². The molecule has 120 valence electrons. The van der Waals surface area contributed by atoms with E-state index in [4.69, 9.17) is 9.84 Å². The number of amides is 1. The molecule has 0 unspecified atom stereocenters. The van der Waals surface area contributed by atoms with Crippen molar-refractivity contribution in [2.45, 2.75) is 32.1 Å². The van der Waals surface area contributed by atoms with Crippen LogP contribution in [-0.4, -0.2) is 36.7 Å². The van der Waals surface area contributed by atoms with Gasteiger partial charge in [-0.15, -0.1) is 0 Å². The van der Waals surface area contributed by atoms with Gasteiger partial charge in [0.2, 0.25) is 5.91 Å². The first-order valence-corrected chi connectivity index (χ1v) is 7.74. The van der Waals surface area contributed by atoms with Gasteiger partial charge in [-0.2, -0.15) is 0 Å². The Bertz CT molecular complexity index is 497. The van der Waals surface area contributed by atoms with E-state index in [1.54, 1.807) is 0 Å². The number of ether oxygens (including phenoxy) is 1. The zero-order valence-corrected chi connectivity index (χ0v) is 12.7. The summed E-state index contributed by atoms with van der Waals surface area (Å²) in [5, 5.41) is 11.7. The van der Waals surface area contributed by atoms with Crippen LogP contribution in [0, 0.1) is 5.41 Å². The number of carboxylic acids is 1. The number of rotatable bonds is 10. The lowest BCUT2D eigenvalue weighted by atomic mass is 10.1. The van der Waals surface area contributed by atoms with Gasteiger partial charge >= 0.3 is 5.97 Å². The zero-order chi connectivity index (χ0) is 15.8. The molecule has 1 aliphatic rings. The summed E-state index contributed by atoms with van der Waals surface area (Å²) in [6.07, 6.45) is 3.21. The minimum Gasteiger partial charge on any atom is -0.481 e. The SMILES string of the molecule is O=C(CCCOCCc1ccccc1)NCC1(C(=O)O)CC1. The minimum absolute atomic E-state index is 0.0980. The summed E-state index contributed by atoms with van der Waals surface area (Å²) in [5.41, 5.74) is 0.547. The summed E-state index contributed by atoms with van der Waals surface area (Å²) in [5.74, 6) is -0.906. The monoisotopic (exact) mass is 305 g/mol. The molecule has 0 bridgehead atoms. The Morgan fingerprint density at radius 1 is 1.18 bits per heavy atom. The Labute approximate surface area is 130 Å². The average Bonchev–Trinajstić information content (AvgIpc) is 3.31. The highest BCUT2D eigenvalue weighted by Crippen LogP contribution is 2.45. The van der Waals surface area contributed by atoms with Crippen LogP contribution >= 0.6 is 0 Å². The third-order valence-electron chi connectivity index (χ3n) is 4.00. The second kappa shape index (κ2) is 7.94. The molecule has 5 heteroatoms. The van der Waals surface area contributed by atoms with Crippen molar-refractivity contribution in [2.24, 2.45) is 5.41 Å². The quantitative estimate of drug-likeness (QED) is 0.648. The summed E-state index contributed by atoms with van der Waals surface area (Å²) in [6.45, 7) is 1.44. The molecule has 1 saturated carbocycles. The van der Waals surface area contributed by atoms with Crippen molar-refractivity contribution in [3.05, 3.63) is 35.9 Å². The number of benzene rings is 1. The third kappa shape index (κ3) is 5.15. The first-order chi connectivity index (χ1) is 10.6. The topological polar surface area (TPSA) is 75.6 Å². The lowest BCUT2D eigenvalue weighted by Crippen LogP contribution is -2.34. The lowest BCUT2D eigenvalue weighted by molar-refractivity contribution is -0.143. The second-order valence-corrected chi connectivity index (χ2v) is 5.81. The van der Waals surface area contributed by atoms with E-state index >= 15 is 0 Å². The Kier molecular flexibility index (Phi) is 5.95. The Morgan fingerprint density at radius 2 is 1.91 bits per heavy atom. The highest BCUT2D eigenvalue weighted by molar-refractivity contribution is 5.80. The van der Waals surface area contributed by atoms with Gasteiger partial charge in [-0.1, -0.05) is 30.3 Å². The first-order valence-electron chi connectivity index (χ1n) is 7.74. The van der Waals surface area contributed by atoms with Gasteiger partial charge in [-0.05, 0) is 31.2 Å². The van der Waals surface area contributed by atoms with Crippen LogP contribution in [0.4, 0.5) is 0 Å². The van der Waals surface area contributed by atoms with Gasteiger partial charge in [-0.25, -0.2) is 0 Å². The molecule has 5 nitrogen and oxygen atoms in total. The molecular weight excluding hydrogens is 282 g/mol. The molecule has 0 heterocycles. The van der Waals surface area contributed by atoms with Gasteiger partial charge in [0.25, 0.3) is 0 Å². The minimum atomic E-state index is -0.808. The van der Waals surface area contributed by atoms with Crippen LogP contribution in [0.3, 0.4) is 0 Å².